The summed E-state index contributed by atoms with van der Waals surface area (Å²) in [7, 11) is 0. The lowest BCUT2D eigenvalue weighted by atomic mass is 10.3. The number of nitrogens with one attached hydrogen (secondary N) is 2. The van der Waals surface area contributed by atoms with E-state index in [9.17, 15) is 9.59 Å². The Morgan fingerprint density at radius 3 is 1.63 bits per heavy atom. The number of hydrogen-bond acceptors (Lipinski definition) is 9. The molecule has 0 saturated heterocycles. The minimum Gasteiger partial charge on any atom is -0.380 e. The fourth-order valence-corrected chi connectivity index (χ4v) is 2.08. The van der Waals surface area contributed by atoms with E-state index in [0.717, 1.165) is 0 Å². The van der Waals surface area contributed by atoms with Crippen molar-refractivity contribution in [2.45, 2.75) is 33.7 Å². The third-order valence-corrected chi connectivity index (χ3v) is 3.44. The SMILES string of the molecule is CCOCC(COCC)NC(=O)COCCOCC(=O)NN(COCC)COCC. The molecule has 0 rings (SSSR count). The smallest absolute Gasteiger partial charge is 0.260 e. The molecule has 11 nitrogen and oxygen atoms in total. The molecule has 0 saturated carbocycles. The summed E-state index contributed by atoms with van der Waals surface area (Å²) in [6, 6.07) is -0.225. The molecule has 0 heterocycles. The lowest BCUT2D eigenvalue weighted by Gasteiger charge is -2.22. The Hall–Kier alpha value is -1.34. The van der Waals surface area contributed by atoms with Gasteiger partial charge in [0, 0.05) is 26.4 Å². The van der Waals surface area contributed by atoms with E-state index in [4.69, 9.17) is 28.4 Å². The average molecular weight is 438 g/mol. The normalized spacial score (nSPS) is 11.3. The highest BCUT2D eigenvalue weighted by molar-refractivity contribution is 5.77. The van der Waals surface area contributed by atoms with Gasteiger partial charge in [0.2, 0.25) is 5.91 Å². The first-order valence-electron chi connectivity index (χ1n) is 10.4. The van der Waals surface area contributed by atoms with Crippen molar-refractivity contribution in [3.05, 3.63) is 0 Å². The topological polar surface area (TPSA) is 117 Å². The van der Waals surface area contributed by atoms with Crippen molar-refractivity contribution in [3.8, 4) is 0 Å². The van der Waals surface area contributed by atoms with Crippen LogP contribution in [0.2, 0.25) is 0 Å². The maximum atomic E-state index is 11.9. The largest absolute Gasteiger partial charge is 0.380 e. The van der Waals surface area contributed by atoms with Crippen LogP contribution < -0.4 is 10.7 Å². The van der Waals surface area contributed by atoms with E-state index >= 15 is 0 Å². The quantitative estimate of drug-likeness (QED) is 0.144. The Morgan fingerprint density at radius 2 is 1.17 bits per heavy atom. The number of nitrogens with zero attached hydrogens (tertiary/aromatic N) is 1. The van der Waals surface area contributed by atoms with Crippen LogP contribution in [0.25, 0.3) is 0 Å². The third-order valence-electron chi connectivity index (χ3n) is 3.44. The van der Waals surface area contributed by atoms with Crippen molar-refractivity contribution < 1.29 is 38.0 Å². The molecule has 0 aliphatic heterocycles. The van der Waals surface area contributed by atoms with Crippen LogP contribution >= 0.6 is 0 Å². The van der Waals surface area contributed by atoms with Gasteiger partial charge in [-0.3, -0.25) is 15.0 Å². The fourth-order valence-electron chi connectivity index (χ4n) is 2.08. The van der Waals surface area contributed by atoms with Crippen molar-refractivity contribution in [1.82, 2.24) is 15.8 Å². The number of ether oxygens (including phenoxy) is 6. The van der Waals surface area contributed by atoms with Crippen LogP contribution in [0.5, 0.6) is 0 Å². The molecule has 0 aromatic heterocycles. The monoisotopic (exact) mass is 437 g/mol. The number of carbonyl (C=O) groups is 2. The molecule has 0 fully saturated rings. The molecular formula is C19H39N3O8. The summed E-state index contributed by atoms with van der Waals surface area (Å²) < 4.78 is 31.7. The summed E-state index contributed by atoms with van der Waals surface area (Å²) >= 11 is 0. The van der Waals surface area contributed by atoms with Crippen LogP contribution in [-0.4, -0.2) is 102 Å². The summed E-state index contributed by atoms with van der Waals surface area (Å²) in [5.41, 5.74) is 2.64. The van der Waals surface area contributed by atoms with Crippen molar-refractivity contribution in [3.63, 3.8) is 0 Å². The fraction of sp³-hybridized carbons (Fsp3) is 0.895. The summed E-state index contributed by atoms with van der Waals surface area (Å²) in [5, 5.41) is 4.32. The summed E-state index contributed by atoms with van der Waals surface area (Å²) in [6.45, 7) is 11.0. The van der Waals surface area contributed by atoms with Gasteiger partial charge in [-0.05, 0) is 27.7 Å². The minimum atomic E-state index is -0.332. The van der Waals surface area contributed by atoms with Gasteiger partial charge in [0.05, 0.1) is 32.5 Å². The van der Waals surface area contributed by atoms with E-state index in [1.165, 1.54) is 5.01 Å². The van der Waals surface area contributed by atoms with Gasteiger partial charge in [-0.2, -0.15) is 5.01 Å². The highest BCUT2D eigenvalue weighted by Crippen LogP contribution is 1.91. The van der Waals surface area contributed by atoms with Gasteiger partial charge in [0.25, 0.3) is 5.91 Å². The molecule has 0 bridgehead atoms. The predicted octanol–water partition coefficient (Wildman–Crippen LogP) is -0.101. The van der Waals surface area contributed by atoms with Crippen LogP contribution in [0.15, 0.2) is 0 Å². The number of carbonyl (C=O) groups excluding carboxylic acids is 2. The zero-order chi connectivity index (χ0) is 22.5. The van der Waals surface area contributed by atoms with Crippen molar-refractivity contribution in [2.75, 3.05) is 79.5 Å². The molecule has 11 heteroatoms. The second-order valence-electron chi connectivity index (χ2n) is 6.01. The first-order valence-corrected chi connectivity index (χ1v) is 10.4. The molecular weight excluding hydrogens is 398 g/mol. The lowest BCUT2D eigenvalue weighted by molar-refractivity contribution is -0.140. The molecule has 0 aliphatic carbocycles. The third kappa shape index (κ3) is 17.5. The van der Waals surface area contributed by atoms with Gasteiger partial charge in [-0.1, -0.05) is 0 Å². The van der Waals surface area contributed by atoms with E-state index < -0.39 is 0 Å². The van der Waals surface area contributed by atoms with Gasteiger partial charge in [-0.25, -0.2) is 0 Å². The first-order chi connectivity index (χ1) is 14.6. The van der Waals surface area contributed by atoms with E-state index in [0.29, 0.717) is 39.6 Å². The van der Waals surface area contributed by atoms with E-state index in [2.05, 4.69) is 10.7 Å². The minimum absolute atomic E-state index is 0.110. The molecule has 0 radical (unpaired) electrons. The second-order valence-corrected chi connectivity index (χ2v) is 6.01. The van der Waals surface area contributed by atoms with E-state index in [1.54, 1.807) is 0 Å². The Morgan fingerprint density at radius 1 is 0.700 bits per heavy atom. The van der Waals surface area contributed by atoms with Gasteiger partial charge in [0.1, 0.15) is 26.7 Å². The van der Waals surface area contributed by atoms with Crippen LogP contribution in [0.4, 0.5) is 0 Å². The van der Waals surface area contributed by atoms with Gasteiger partial charge in [0.15, 0.2) is 0 Å². The molecule has 2 N–H and O–H groups in total. The van der Waals surface area contributed by atoms with E-state index in [1.807, 2.05) is 27.7 Å². The lowest BCUT2D eigenvalue weighted by Crippen LogP contribution is -2.46. The van der Waals surface area contributed by atoms with Crippen LogP contribution in [0.1, 0.15) is 27.7 Å². The second kappa shape index (κ2) is 20.9. The van der Waals surface area contributed by atoms with E-state index in [-0.39, 0.29) is 57.7 Å². The maximum Gasteiger partial charge on any atom is 0.260 e. The highest BCUT2D eigenvalue weighted by atomic mass is 16.5. The zero-order valence-electron chi connectivity index (χ0n) is 18.8. The van der Waals surface area contributed by atoms with Crippen LogP contribution in [0, 0.1) is 0 Å². The highest BCUT2D eigenvalue weighted by Gasteiger charge is 2.13. The van der Waals surface area contributed by atoms with Gasteiger partial charge >= 0.3 is 0 Å². The summed E-state index contributed by atoms with van der Waals surface area (Å²) in [6.07, 6.45) is 0. The zero-order valence-corrected chi connectivity index (χ0v) is 18.8. The van der Waals surface area contributed by atoms with Crippen molar-refractivity contribution in [1.29, 1.82) is 0 Å². The number of hydrazine groups is 1. The molecule has 0 spiro atoms. The maximum absolute atomic E-state index is 11.9. The summed E-state index contributed by atoms with van der Waals surface area (Å²) in [4.78, 5) is 23.8. The van der Waals surface area contributed by atoms with Crippen molar-refractivity contribution in [2.24, 2.45) is 0 Å². The first kappa shape index (κ1) is 28.7. The molecule has 0 aromatic carbocycles. The molecule has 2 amide bonds. The van der Waals surface area contributed by atoms with Gasteiger partial charge in [-0.15, -0.1) is 0 Å². The Balaban J connectivity index is 3.91. The Labute approximate surface area is 179 Å². The Kier molecular flexibility index (Phi) is 20.0. The number of rotatable bonds is 21. The van der Waals surface area contributed by atoms with Crippen LogP contribution in [0.3, 0.4) is 0 Å². The molecule has 0 aromatic rings. The molecule has 0 atom stereocenters. The predicted molar refractivity (Wildman–Crippen MR) is 110 cm³/mol. The average Bonchev–Trinajstić information content (AvgIpc) is 2.74. The van der Waals surface area contributed by atoms with Gasteiger partial charge < -0.3 is 33.7 Å². The molecule has 178 valence electrons. The Bertz CT molecular complexity index is 375. The summed E-state index contributed by atoms with van der Waals surface area (Å²) in [5.74, 6) is -0.596. The number of amides is 2. The number of hydrogen-bond donors (Lipinski definition) is 2. The molecule has 0 aliphatic rings. The molecule has 0 unspecified atom stereocenters. The standard InChI is InChI=1S/C19H39N3O8/c1-5-25-11-17(12-26-6-2)20-18(23)13-29-9-10-30-14-19(24)21-22(15-27-7-3)16-28-8-4/h17H,5-16H2,1-4H3,(H,20,23)(H,21,24). The van der Waals surface area contributed by atoms with Crippen LogP contribution in [-0.2, 0) is 38.0 Å². The van der Waals surface area contributed by atoms with Crippen molar-refractivity contribution >= 4 is 11.8 Å². The molecule has 30 heavy (non-hydrogen) atoms.